The maximum Gasteiger partial charge on any atom is 0.204 e. The molecule has 9 aromatic rings. The molecule has 0 saturated heterocycles. The van der Waals surface area contributed by atoms with Gasteiger partial charge in [-0.25, -0.2) is 0 Å². The molecular weight excluding hydrogens is 614 g/mol. The minimum atomic E-state index is -0.970. The molecular formula is C40H22B2O7. The number of rotatable bonds is 2. The van der Waals surface area contributed by atoms with Gasteiger partial charge >= 0.3 is 0 Å². The van der Waals surface area contributed by atoms with Crippen molar-refractivity contribution in [2.45, 2.75) is 0 Å². The number of hydrogen-bond acceptors (Lipinski definition) is 7. The Bertz CT molecular complexity index is 2840. The first-order chi connectivity index (χ1) is 23.7. The molecule has 0 spiro atoms. The fourth-order valence-electron chi connectivity index (χ4n) is 7.39. The lowest BCUT2D eigenvalue weighted by Gasteiger charge is -2.24. The lowest BCUT2D eigenvalue weighted by Crippen LogP contribution is -2.26. The summed E-state index contributed by atoms with van der Waals surface area (Å²) in [5.41, 5.74) is 1.73. The molecule has 6 N–H and O–H groups in total. The summed E-state index contributed by atoms with van der Waals surface area (Å²) in [5.74, 6) is -4.43. The molecule has 1 aromatic heterocycles. The van der Waals surface area contributed by atoms with E-state index in [9.17, 15) is 30.6 Å². The molecule has 9 rings (SSSR count). The number of fused-ring (bicyclic) bond motifs is 8. The van der Waals surface area contributed by atoms with Crippen molar-refractivity contribution in [3.05, 3.63) is 97.1 Å². The number of furan rings is 1. The third-order valence-corrected chi connectivity index (χ3v) is 9.63. The van der Waals surface area contributed by atoms with Crippen molar-refractivity contribution < 1.29 is 35.1 Å². The Morgan fingerprint density at radius 1 is 0.408 bits per heavy atom. The molecule has 0 atom stereocenters. The Morgan fingerprint density at radius 3 is 1.63 bits per heavy atom. The van der Waals surface area contributed by atoms with Gasteiger partial charge < -0.3 is 35.1 Å². The van der Waals surface area contributed by atoms with E-state index in [0.717, 1.165) is 21.5 Å². The number of aromatic hydroxyl groups is 6. The number of phenols is 6. The smallest absolute Gasteiger partial charge is 0.204 e. The van der Waals surface area contributed by atoms with Gasteiger partial charge in [0.05, 0.1) is 0 Å². The maximum absolute atomic E-state index is 11.8. The highest BCUT2D eigenvalue weighted by atomic mass is 16.3. The Balaban J connectivity index is 1.56. The summed E-state index contributed by atoms with van der Waals surface area (Å²) in [7, 11) is 12.6. The summed E-state index contributed by atoms with van der Waals surface area (Å²) in [6, 6.07) is 29.8. The van der Waals surface area contributed by atoms with Crippen molar-refractivity contribution >= 4 is 91.6 Å². The summed E-state index contributed by atoms with van der Waals surface area (Å²) < 4.78 is 6.21. The first-order valence-electron chi connectivity index (χ1n) is 15.4. The summed E-state index contributed by atoms with van der Waals surface area (Å²) in [5, 5.41) is 73.6. The van der Waals surface area contributed by atoms with E-state index in [-0.39, 0.29) is 43.6 Å². The van der Waals surface area contributed by atoms with Gasteiger partial charge in [0.25, 0.3) is 0 Å². The molecule has 0 fully saturated rings. The molecule has 49 heavy (non-hydrogen) atoms. The molecule has 0 amide bonds. The van der Waals surface area contributed by atoms with Gasteiger partial charge in [0.2, 0.25) is 11.5 Å². The standard InChI is InChI=1S/C40H22B2O7/c41-33-34(42)36(44)31-28(22-11-5-8-17-6-1-3-9-20(17)22)32-30(37(45)39(47)40(48)38(32)46)26(29(31)35(33)43)19-13-14-24-23(16-19)27-21-10-4-2-7-18(21)12-15-25(27)49-24/h1-16,43-48H. The average molecular weight is 636 g/mol. The molecule has 7 nitrogen and oxygen atoms in total. The van der Waals surface area contributed by atoms with E-state index in [4.69, 9.17) is 20.1 Å². The van der Waals surface area contributed by atoms with Crippen molar-refractivity contribution in [1.82, 2.24) is 0 Å². The van der Waals surface area contributed by atoms with Crippen molar-refractivity contribution in [1.29, 1.82) is 0 Å². The summed E-state index contributed by atoms with van der Waals surface area (Å²) in [4.78, 5) is 0. The minimum Gasteiger partial charge on any atom is -0.508 e. The zero-order chi connectivity index (χ0) is 33.9. The lowest BCUT2D eigenvalue weighted by molar-refractivity contribution is 0.351. The van der Waals surface area contributed by atoms with Crippen LogP contribution in [0.25, 0.3) is 87.3 Å². The molecule has 0 unspecified atom stereocenters. The van der Waals surface area contributed by atoms with Crippen LogP contribution < -0.4 is 10.9 Å². The first-order valence-corrected chi connectivity index (χ1v) is 15.4. The van der Waals surface area contributed by atoms with Gasteiger partial charge in [0, 0.05) is 43.4 Å². The van der Waals surface area contributed by atoms with Crippen LogP contribution in [0.2, 0.25) is 0 Å². The molecule has 230 valence electrons. The molecule has 0 saturated carbocycles. The summed E-state index contributed by atoms with van der Waals surface area (Å²) in [6.07, 6.45) is 0. The van der Waals surface area contributed by atoms with E-state index >= 15 is 0 Å². The van der Waals surface area contributed by atoms with Gasteiger partial charge in [-0.05, 0) is 50.9 Å². The second-order valence-corrected chi connectivity index (χ2v) is 12.2. The highest BCUT2D eigenvalue weighted by molar-refractivity contribution is 6.54. The van der Waals surface area contributed by atoms with Crippen LogP contribution in [0.5, 0.6) is 34.5 Å². The van der Waals surface area contributed by atoms with Crippen LogP contribution in [0.4, 0.5) is 0 Å². The van der Waals surface area contributed by atoms with E-state index in [1.807, 2.05) is 72.8 Å². The van der Waals surface area contributed by atoms with Crippen molar-refractivity contribution in [3.63, 3.8) is 0 Å². The van der Waals surface area contributed by atoms with Gasteiger partial charge in [-0.2, -0.15) is 0 Å². The van der Waals surface area contributed by atoms with Crippen LogP contribution in [-0.4, -0.2) is 46.3 Å². The van der Waals surface area contributed by atoms with Crippen LogP contribution in [-0.2, 0) is 0 Å². The third kappa shape index (κ3) is 3.75. The number of hydrogen-bond donors (Lipinski definition) is 6. The van der Waals surface area contributed by atoms with E-state index < -0.39 is 34.5 Å². The van der Waals surface area contributed by atoms with E-state index in [0.29, 0.717) is 33.1 Å². The second kappa shape index (κ2) is 10.0. The van der Waals surface area contributed by atoms with Crippen LogP contribution in [0, 0.1) is 0 Å². The molecule has 8 aromatic carbocycles. The molecule has 4 radical (unpaired) electrons. The zero-order valence-corrected chi connectivity index (χ0v) is 25.5. The van der Waals surface area contributed by atoms with Crippen molar-refractivity contribution in [3.8, 4) is 56.8 Å². The predicted octanol–water partition coefficient (Wildman–Crippen LogP) is 7.35. The van der Waals surface area contributed by atoms with E-state index in [1.54, 1.807) is 24.3 Å². The fraction of sp³-hybridized carbons (Fsp3) is 0. The topological polar surface area (TPSA) is 135 Å². The second-order valence-electron chi connectivity index (χ2n) is 12.2. The summed E-state index contributed by atoms with van der Waals surface area (Å²) >= 11 is 0. The minimum absolute atomic E-state index is 0.00330. The predicted molar refractivity (Wildman–Crippen MR) is 195 cm³/mol. The van der Waals surface area contributed by atoms with Gasteiger partial charge in [0.1, 0.15) is 38.4 Å². The monoisotopic (exact) mass is 636 g/mol. The van der Waals surface area contributed by atoms with Crippen LogP contribution >= 0.6 is 0 Å². The van der Waals surface area contributed by atoms with E-state index in [1.165, 1.54) is 0 Å². The lowest BCUT2D eigenvalue weighted by atomic mass is 9.74. The largest absolute Gasteiger partial charge is 0.508 e. The molecule has 9 heteroatoms. The Morgan fingerprint density at radius 2 is 0.939 bits per heavy atom. The molecule has 0 aliphatic rings. The number of benzene rings is 8. The summed E-state index contributed by atoms with van der Waals surface area (Å²) in [6.45, 7) is 0. The fourth-order valence-corrected chi connectivity index (χ4v) is 7.39. The molecule has 0 aliphatic carbocycles. The number of phenolic OH excluding ortho intramolecular Hbond substituents is 6. The quantitative estimate of drug-likeness (QED) is 0.0506. The SMILES string of the molecule is [B]c1c([B])c(O)c2c(-c3cccc4ccccc34)c3c(O)c(O)c(O)c(O)c3c(-c3ccc4oc5ccc6ccccc6c5c4c3)c2c1O. The van der Waals surface area contributed by atoms with Gasteiger partial charge in [0.15, 0.2) is 11.5 Å². The van der Waals surface area contributed by atoms with E-state index in [2.05, 4.69) is 0 Å². The Kier molecular flexibility index (Phi) is 5.87. The molecule has 1 heterocycles. The Labute approximate surface area is 279 Å². The Hall–Kier alpha value is -6.47. The van der Waals surface area contributed by atoms with Gasteiger partial charge in [-0.1, -0.05) is 89.8 Å². The maximum atomic E-state index is 11.8. The normalized spacial score (nSPS) is 11.9. The zero-order valence-electron chi connectivity index (χ0n) is 25.5. The molecule has 0 bridgehead atoms. The van der Waals surface area contributed by atoms with Crippen molar-refractivity contribution in [2.24, 2.45) is 0 Å². The highest BCUT2D eigenvalue weighted by Gasteiger charge is 2.31. The molecule has 0 aliphatic heterocycles. The highest BCUT2D eigenvalue weighted by Crippen LogP contribution is 2.59. The van der Waals surface area contributed by atoms with Crippen molar-refractivity contribution in [2.75, 3.05) is 0 Å². The van der Waals surface area contributed by atoms with Gasteiger partial charge in [-0.15, -0.1) is 0 Å². The average Bonchev–Trinajstić information content (AvgIpc) is 3.51. The third-order valence-electron chi connectivity index (χ3n) is 9.63. The first kappa shape index (κ1) is 28.7. The van der Waals surface area contributed by atoms with Crippen LogP contribution in [0.15, 0.2) is 101 Å². The van der Waals surface area contributed by atoms with Gasteiger partial charge in [-0.3, -0.25) is 0 Å². The van der Waals surface area contributed by atoms with Crippen LogP contribution in [0.3, 0.4) is 0 Å². The van der Waals surface area contributed by atoms with Crippen LogP contribution in [0.1, 0.15) is 0 Å².